The maximum atomic E-state index is 13.4. The van der Waals surface area contributed by atoms with E-state index in [1.165, 1.54) is 16.3 Å². The van der Waals surface area contributed by atoms with Gasteiger partial charge in [0.2, 0.25) is 5.91 Å². The zero-order chi connectivity index (χ0) is 23.7. The van der Waals surface area contributed by atoms with Crippen molar-refractivity contribution < 1.29 is 4.79 Å². The molecule has 0 saturated carbocycles. The number of hydrogen-bond donors (Lipinski definition) is 1. The predicted octanol–water partition coefficient (Wildman–Crippen LogP) is 6.77. The first-order valence-electron chi connectivity index (χ1n) is 9.95. The second kappa shape index (κ2) is 9.77. The highest BCUT2D eigenvalue weighted by atomic mass is 35.5. The summed E-state index contributed by atoms with van der Waals surface area (Å²) in [6.45, 7) is 3.62. The van der Waals surface area contributed by atoms with Gasteiger partial charge in [-0.05, 0) is 61.9 Å². The zero-order valence-electron chi connectivity index (χ0n) is 17.6. The van der Waals surface area contributed by atoms with Crippen molar-refractivity contribution in [3.63, 3.8) is 0 Å². The summed E-state index contributed by atoms with van der Waals surface area (Å²) in [5.41, 5.74) is 2.26. The van der Waals surface area contributed by atoms with Crippen LogP contribution >= 0.6 is 46.6 Å². The molecule has 5 nitrogen and oxygen atoms in total. The van der Waals surface area contributed by atoms with Crippen molar-refractivity contribution in [1.82, 2.24) is 9.55 Å². The molecule has 9 heteroatoms. The van der Waals surface area contributed by atoms with E-state index in [4.69, 9.17) is 34.8 Å². The highest BCUT2D eigenvalue weighted by molar-refractivity contribution is 8.00. The highest BCUT2D eigenvalue weighted by Gasteiger charge is 2.21. The number of amides is 1. The number of aryl methyl sites for hydroxylation is 1. The summed E-state index contributed by atoms with van der Waals surface area (Å²) in [4.78, 5) is 31.0. The van der Waals surface area contributed by atoms with E-state index < -0.39 is 5.25 Å². The van der Waals surface area contributed by atoms with Gasteiger partial charge in [-0.25, -0.2) is 4.98 Å². The Bertz CT molecular complexity index is 1420. The lowest BCUT2D eigenvalue weighted by Crippen LogP contribution is -2.26. The van der Waals surface area contributed by atoms with Crippen LogP contribution in [0, 0.1) is 6.92 Å². The number of rotatable bonds is 5. The first kappa shape index (κ1) is 23.6. The maximum absolute atomic E-state index is 13.4. The van der Waals surface area contributed by atoms with Crippen LogP contribution in [-0.4, -0.2) is 20.7 Å². The van der Waals surface area contributed by atoms with Crippen molar-refractivity contribution in [2.24, 2.45) is 0 Å². The van der Waals surface area contributed by atoms with Gasteiger partial charge in [-0.1, -0.05) is 64.8 Å². The zero-order valence-corrected chi connectivity index (χ0v) is 20.7. The van der Waals surface area contributed by atoms with E-state index in [2.05, 4.69) is 10.3 Å². The number of fused-ring (bicyclic) bond motifs is 1. The lowest BCUT2D eigenvalue weighted by molar-refractivity contribution is -0.115. The topological polar surface area (TPSA) is 64.0 Å². The van der Waals surface area contributed by atoms with Crippen molar-refractivity contribution in [2.45, 2.75) is 24.3 Å². The number of para-hydroxylation sites is 1. The normalized spacial score (nSPS) is 12.0. The van der Waals surface area contributed by atoms with Crippen LogP contribution in [0.2, 0.25) is 15.1 Å². The van der Waals surface area contributed by atoms with Crippen LogP contribution in [0.25, 0.3) is 16.6 Å². The van der Waals surface area contributed by atoms with Crippen molar-refractivity contribution >= 4 is 69.1 Å². The monoisotopic (exact) mass is 517 g/mol. The maximum Gasteiger partial charge on any atom is 0.266 e. The number of hydrogen-bond acceptors (Lipinski definition) is 4. The van der Waals surface area contributed by atoms with E-state index in [1.807, 2.05) is 25.1 Å². The number of carbonyl (C=O) groups is 1. The minimum atomic E-state index is -0.581. The van der Waals surface area contributed by atoms with Gasteiger partial charge in [-0.15, -0.1) is 0 Å². The molecule has 1 amide bonds. The third-order valence-electron chi connectivity index (χ3n) is 4.94. The standard InChI is InChI=1S/C24H18Cl3N3O2S/c1-13-7-8-18(12-20(13)27)30-23(32)19-5-3-4-6-21(19)29-24(30)33-14(2)22(31)28-17-10-15(25)9-16(26)11-17/h3-12,14H,1-2H3,(H,28,31). The van der Waals surface area contributed by atoms with Crippen molar-refractivity contribution in [1.29, 1.82) is 0 Å². The molecular formula is C24H18Cl3N3O2S. The van der Waals surface area contributed by atoms with Crippen LogP contribution < -0.4 is 10.9 Å². The molecule has 1 atom stereocenters. The number of anilines is 1. The van der Waals surface area contributed by atoms with Gasteiger partial charge in [-0.3, -0.25) is 14.2 Å². The number of nitrogens with zero attached hydrogens (tertiary/aromatic N) is 2. The molecule has 0 fully saturated rings. The molecule has 1 N–H and O–H groups in total. The molecule has 0 spiro atoms. The third-order valence-corrected chi connectivity index (χ3v) is 6.84. The number of carbonyl (C=O) groups excluding carboxylic acids is 1. The van der Waals surface area contributed by atoms with Crippen LogP contribution in [-0.2, 0) is 4.79 Å². The Labute approximate surface area is 209 Å². The number of nitrogens with one attached hydrogen (secondary N) is 1. The van der Waals surface area contributed by atoms with Crippen LogP contribution in [0.15, 0.2) is 70.6 Å². The fourth-order valence-electron chi connectivity index (χ4n) is 3.22. The van der Waals surface area contributed by atoms with E-state index in [0.29, 0.717) is 42.5 Å². The van der Waals surface area contributed by atoms with Gasteiger partial charge >= 0.3 is 0 Å². The fourth-order valence-corrected chi connectivity index (χ4v) is 4.85. The van der Waals surface area contributed by atoms with Gasteiger partial charge in [0.05, 0.1) is 21.8 Å². The molecule has 1 aromatic heterocycles. The molecule has 3 aromatic carbocycles. The van der Waals surface area contributed by atoms with Gasteiger partial charge in [0.1, 0.15) is 0 Å². The average molecular weight is 519 g/mol. The molecule has 0 aliphatic carbocycles. The molecule has 0 radical (unpaired) electrons. The summed E-state index contributed by atoms with van der Waals surface area (Å²) < 4.78 is 1.48. The first-order chi connectivity index (χ1) is 15.7. The Morgan fingerprint density at radius 3 is 2.42 bits per heavy atom. The fraction of sp³-hybridized carbons (Fsp3) is 0.125. The number of aromatic nitrogens is 2. The molecular weight excluding hydrogens is 501 g/mol. The highest BCUT2D eigenvalue weighted by Crippen LogP contribution is 2.28. The van der Waals surface area contributed by atoms with Crippen molar-refractivity contribution in [3.8, 4) is 5.69 Å². The smallest absolute Gasteiger partial charge is 0.266 e. The largest absolute Gasteiger partial charge is 0.325 e. The summed E-state index contributed by atoms with van der Waals surface area (Å²) in [7, 11) is 0. The Balaban J connectivity index is 1.73. The molecule has 1 unspecified atom stereocenters. The van der Waals surface area contributed by atoms with Gasteiger partial charge in [0.15, 0.2) is 5.16 Å². The molecule has 33 heavy (non-hydrogen) atoms. The quantitative estimate of drug-likeness (QED) is 0.234. The Hall–Kier alpha value is -2.51. The molecule has 0 saturated heterocycles. The lowest BCUT2D eigenvalue weighted by atomic mass is 10.2. The Morgan fingerprint density at radius 1 is 1.03 bits per heavy atom. The van der Waals surface area contributed by atoms with E-state index in [9.17, 15) is 9.59 Å². The van der Waals surface area contributed by atoms with E-state index in [0.717, 1.165) is 5.56 Å². The minimum Gasteiger partial charge on any atom is -0.325 e. The van der Waals surface area contributed by atoms with E-state index in [-0.39, 0.29) is 11.5 Å². The SMILES string of the molecule is Cc1ccc(-n2c(SC(C)C(=O)Nc3cc(Cl)cc(Cl)c3)nc3ccccc3c2=O)cc1Cl. The van der Waals surface area contributed by atoms with Gasteiger partial charge in [-0.2, -0.15) is 0 Å². The van der Waals surface area contributed by atoms with Crippen molar-refractivity contribution in [2.75, 3.05) is 5.32 Å². The van der Waals surface area contributed by atoms with Gasteiger partial charge < -0.3 is 5.32 Å². The number of halogens is 3. The van der Waals surface area contributed by atoms with Crippen LogP contribution in [0.1, 0.15) is 12.5 Å². The van der Waals surface area contributed by atoms with Gasteiger partial charge in [0.25, 0.3) is 5.56 Å². The number of thioether (sulfide) groups is 1. The Morgan fingerprint density at radius 2 is 1.73 bits per heavy atom. The second-order valence-corrected chi connectivity index (χ2v) is 9.98. The summed E-state index contributed by atoms with van der Waals surface area (Å²) in [6.07, 6.45) is 0. The summed E-state index contributed by atoms with van der Waals surface area (Å²) >= 11 is 19.6. The minimum absolute atomic E-state index is 0.239. The molecule has 0 aliphatic rings. The van der Waals surface area contributed by atoms with Crippen LogP contribution in [0.3, 0.4) is 0 Å². The summed E-state index contributed by atoms with van der Waals surface area (Å²) in [5, 5.41) is 4.45. The molecule has 168 valence electrons. The lowest BCUT2D eigenvalue weighted by Gasteiger charge is -2.17. The average Bonchev–Trinajstić information content (AvgIpc) is 2.75. The second-order valence-electron chi connectivity index (χ2n) is 7.39. The molecule has 0 aliphatic heterocycles. The number of benzene rings is 3. The predicted molar refractivity (Wildman–Crippen MR) is 137 cm³/mol. The van der Waals surface area contributed by atoms with Crippen LogP contribution in [0.5, 0.6) is 0 Å². The molecule has 0 bridgehead atoms. The first-order valence-corrected chi connectivity index (χ1v) is 12.0. The molecule has 1 heterocycles. The van der Waals surface area contributed by atoms with E-state index >= 15 is 0 Å². The van der Waals surface area contributed by atoms with E-state index in [1.54, 1.807) is 49.4 Å². The third kappa shape index (κ3) is 5.20. The summed E-state index contributed by atoms with van der Waals surface area (Å²) in [5.74, 6) is -0.283. The molecule has 4 rings (SSSR count). The van der Waals surface area contributed by atoms with Crippen LogP contribution in [0.4, 0.5) is 5.69 Å². The molecule has 4 aromatic rings. The van der Waals surface area contributed by atoms with Crippen molar-refractivity contribution in [3.05, 3.63) is 91.6 Å². The Kier molecular flexibility index (Phi) is 7.00. The van der Waals surface area contributed by atoms with Gasteiger partial charge in [0, 0.05) is 20.8 Å². The summed E-state index contributed by atoms with van der Waals surface area (Å²) in [6, 6.07) is 17.3.